The number of hydrogen-bond donors (Lipinski definition) is 1. The van der Waals surface area contributed by atoms with Crippen LogP contribution in [0.1, 0.15) is 17.5 Å². The number of hydrogen-bond acceptors (Lipinski definition) is 2. The minimum atomic E-state index is 0.239. The van der Waals surface area contributed by atoms with Crippen molar-refractivity contribution in [3.05, 3.63) is 64.1 Å². The third-order valence-electron chi connectivity index (χ3n) is 4.25. The van der Waals surface area contributed by atoms with Crippen LogP contribution >= 0.6 is 15.9 Å². The molecule has 3 heteroatoms. The molecule has 1 N–H and O–H groups in total. The average Bonchev–Trinajstić information content (AvgIpc) is 2.45. The van der Waals surface area contributed by atoms with Gasteiger partial charge in [0.1, 0.15) is 5.75 Å². The van der Waals surface area contributed by atoms with Crippen LogP contribution in [0, 0.1) is 6.92 Å². The Hall–Kier alpha value is -1.32. The predicted octanol–water partition coefficient (Wildman–Crippen LogP) is 4.07. The molecule has 110 valence electrons. The number of halogens is 1. The maximum atomic E-state index is 5.89. The summed E-state index contributed by atoms with van der Waals surface area (Å²) in [5.41, 5.74) is 2.97. The topological polar surface area (TPSA) is 21.3 Å². The van der Waals surface area contributed by atoms with Crippen LogP contribution in [0.25, 0.3) is 0 Å². The molecule has 0 spiro atoms. The second-order valence-electron chi connectivity index (χ2n) is 5.80. The summed E-state index contributed by atoms with van der Waals surface area (Å²) in [6, 6.07) is 16.9. The van der Waals surface area contributed by atoms with Crippen molar-refractivity contribution in [3.63, 3.8) is 0 Å². The zero-order valence-electron chi connectivity index (χ0n) is 12.2. The van der Waals surface area contributed by atoms with E-state index in [9.17, 15) is 0 Å². The van der Waals surface area contributed by atoms with Crippen LogP contribution < -0.4 is 10.1 Å². The van der Waals surface area contributed by atoms with Crippen LogP contribution in [-0.4, -0.2) is 19.7 Å². The molecule has 2 aromatic rings. The van der Waals surface area contributed by atoms with Gasteiger partial charge in [-0.25, -0.2) is 0 Å². The Balaban J connectivity index is 1.62. The SMILES string of the molecule is Cc1ccc(C2(CCOc3ccc(Br)cc3)CNC2)cc1. The monoisotopic (exact) mass is 345 g/mol. The highest BCUT2D eigenvalue weighted by Crippen LogP contribution is 2.32. The molecule has 0 radical (unpaired) electrons. The van der Waals surface area contributed by atoms with Crippen molar-refractivity contribution in [2.75, 3.05) is 19.7 Å². The molecule has 1 aliphatic rings. The van der Waals surface area contributed by atoms with Crippen LogP contribution in [-0.2, 0) is 5.41 Å². The number of rotatable bonds is 5. The molecule has 0 aromatic heterocycles. The standard InChI is InChI=1S/C18H20BrNO/c1-14-2-4-15(5-3-14)18(12-20-13-18)10-11-21-17-8-6-16(19)7-9-17/h2-9,20H,10-13H2,1H3. The second-order valence-corrected chi connectivity index (χ2v) is 6.72. The van der Waals surface area contributed by atoms with Crippen molar-refractivity contribution in [2.45, 2.75) is 18.8 Å². The third-order valence-corrected chi connectivity index (χ3v) is 4.78. The van der Waals surface area contributed by atoms with Gasteiger partial charge in [0.05, 0.1) is 6.61 Å². The molecule has 0 atom stereocenters. The van der Waals surface area contributed by atoms with E-state index in [-0.39, 0.29) is 5.41 Å². The molecule has 1 saturated heterocycles. The molecule has 0 bridgehead atoms. The third kappa shape index (κ3) is 3.30. The van der Waals surface area contributed by atoms with Gasteiger partial charge in [0, 0.05) is 23.0 Å². The van der Waals surface area contributed by atoms with Gasteiger partial charge in [-0.2, -0.15) is 0 Å². The molecule has 1 heterocycles. The zero-order valence-corrected chi connectivity index (χ0v) is 13.8. The van der Waals surface area contributed by atoms with Crippen LogP contribution in [0.3, 0.4) is 0 Å². The first-order valence-corrected chi connectivity index (χ1v) is 8.14. The molecule has 3 rings (SSSR count). The highest BCUT2D eigenvalue weighted by Gasteiger charge is 2.38. The van der Waals surface area contributed by atoms with Gasteiger partial charge in [0.15, 0.2) is 0 Å². The molecule has 2 nitrogen and oxygen atoms in total. The van der Waals surface area contributed by atoms with Crippen molar-refractivity contribution in [3.8, 4) is 5.75 Å². The van der Waals surface area contributed by atoms with Crippen LogP contribution in [0.4, 0.5) is 0 Å². The van der Waals surface area contributed by atoms with Crippen LogP contribution in [0.15, 0.2) is 53.0 Å². The van der Waals surface area contributed by atoms with E-state index in [2.05, 4.69) is 52.4 Å². The summed E-state index contributed by atoms with van der Waals surface area (Å²) < 4.78 is 6.97. The Labute approximate surface area is 134 Å². The zero-order chi connectivity index (χ0) is 14.7. The molecule has 0 amide bonds. The van der Waals surface area contributed by atoms with Crippen LogP contribution in [0.5, 0.6) is 5.75 Å². The lowest BCUT2D eigenvalue weighted by Gasteiger charge is -2.43. The summed E-state index contributed by atoms with van der Waals surface area (Å²) in [6.45, 7) is 4.96. The van der Waals surface area contributed by atoms with E-state index in [0.717, 1.165) is 36.3 Å². The Morgan fingerprint density at radius 2 is 1.71 bits per heavy atom. The molecule has 0 unspecified atom stereocenters. The Kier molecular flexibility index (Phi) is 4.32. The normalized spacial score (nSPS) is 16.3. The van der Waals surface area contributed by atoms with Gasteiger partial charge in [0.2, 0.25) is 0 Å². The van der Waals surface area contributed by atoms with E-state index in [0.29, 0.717) is 0 Å². The van der Waals surface area contributed by atoms with E-state index in [1.807, 2.05) is 24.3 Å². The predicted molar refractivity (Wildman–Crippen MR) is 90.0 cm³/mol. The second kappa shape index (κ2) is 6.20. The van der Waals surface area contributed by atoms with Crippen molar-refractivity contribution in [1.29, 1.82) is 0 Å². The fourth-order valence-corrected chi connectivity index (χ4v) is 3.02. The van der Waals surface area contributed by atoms with Gasteiger partial charge < -0.3 is 10.1 Å². The summed E-state index contributed by atoms with van der Waals surface area (Å²) in [7, 11) is 0. The van der Waals surface area contributed by atoms with Gasteiger partial charge in [0.25, 0.3) is 0 Å². The number of ether oxygens (including phenoxy) is 1. The van der Waals surface area contributed by atoms with Gasteiger partial charge in [-0.05, 0) is 43.2 Å². The highest BCUT2D eigenvalue weighted by atomic mass is 79.9. The first kappa shape index (κ1) is 14.6. The van der Waals surface area contributed by atoms with Crippen molar-refractivity contribution in [1.82, 2.24) is 5.32 Å². The fourth-order valence-electron chi connectivity index (χ4n) is 2.75. The van der Waals surface area contributed by atoms with E-state index >= 15 is 0 Å². The largest absolute Gasteiger partial charge is 0.494 e. The van der Waals surface area contributed by atoms with Crippen molar-refractivity contribution in [2.24, 2.45) is 0 Å². The molecule has 2 aromatic carbocycles. The van der Waals surface area contributed by atoms with Crippen LogP contribution in [0.2, 0.25) is 0 Å². The molecule has 0 saturated carbocycles. The summed E-state index contributed by atoms with van der Waals surface area (Å²) in [6.07, 6.45) is 1.04. The van der Waals surface area contributed by atoms with Crippen molar-refractivity contribution >= 4 is 15.9 Å². The molecule has 1 fully saturated rings. The average molecular weight is 346 g/mol. The summed E-state index contributed by atoms with van der Waals surface area (Å²) in [5.74, 6) is 0.935. The van der Waals surface area contributed by atoms with E-state index in [1.54, 1.807) is 0 Å². The lowest BCUT2D eigenvalue weighted by Crippen LogP contribution is -2.57. The van der Waals surface area contributed by atoms with Gasteiger partial charge in [-0.1, -0.05) is 45.8 Å². The maximum Gasteiger partial charge on any atom is 0.119 e. The first-order chi connectivity index (χ1) is 10.2. The van der Waals surface area contributed by atoms with E-state index in [1.165, 1.54) is 11.1 Å². The first-order valence-electron chi connectivity index (χ1n) is 7.34. The minimum Gasteiger partial charge on any atom is -0.494 e. The van der Waals surface area contributed by atoms with E-state index < -0.39 is 0 Å². The molecular formula is C18H20BrNO. The summed E-state index contributed by atoms with van der Waals surface area (Å²) >= 11 is 3.44. The smallest absolute Gasteiger partial charge is 0.119 e. The molecule has 21 heavy (non-hydrogen) atoms. The minimum absolute atomic E-state index is 0.239. The Bertz CT molecular complexity index is 588. The lowest BCUT2D eigenvalue weighted by molar-refractivity contribution is 0.199. The van der Waals surface area contributed by atoms with Gasteiger partial charge >= 0.3 is 0 Å². The van der Waals surface area contributed by atoms with Crippen molar-refractivity contribution < 1.29 is 4.74 Å². The molecular weight excluding hydrogens is 326 g/mol. The Morgan fingerprint density at radius 1 is 1.05 bits per heavy atom. The fraction of sp³-hybridized carbons (Fsp3) is 0.333. The van der Waals surface area contributed by atoms with Gasteiger partial charge in [-0.3, -0.25) is 0 Å². The highest BCUT2D eigenvalue weighted by molar-refractivity contribution is 9.10. The number of benzene rings is 2. The maximum absolute atomic E-state index is 5.89. The summed E-state index contributed by atoms with van der Waals surface area (Å²) in [4.78, 5) is 0. The molecule has 0 aliphatic carbocycles. The van der Waals surface area contributed by atoms with E-state index in [4.69, 9.17) is 4.74 Å². The quantitative estimate of drug-likeness (QED) is 0.881. The lowest BCUT2D eigenvalue weighted by atomic mass is 9.73. The Morgan fingerprint density at radius 3 is 2.29 bits per heavy atom. The summed E-state index contributed by atoms with van der Waals surface area (Å²) in [5, 5.41) is 3.41. The number of nitrogens with one attached hydrogen (secondary N) is 1. The molecule has 1 aliphatic heterocycles. The number of aryl methyl sites for hydroxylation is 1. The van der Waals surface area contributed by atoms with Gasteiger partial charge in [-0.15, -0.1) is 0 Å².